The predicted octanol–water partition coefficient (Wildman–Crippen LogP) is 16.5. The summed E-state index contributed by atoms with van der Waals surface area (Å²) in [5, 5.41) is 21.1. The van der Waals surface area contributed by atoms with Crippen molar-refractivity contribution in [2.24, 2.45) is 0 Å². The number of nitrogens with two attached hydrogens (primary N) is 1. The van der Waals surface area contributed by atoms with Crippen molar-refractivity contribution in [3.8, 4) is 34.1 Å². The third-order valence-corrected chi connectivity index (χ3v) is 15.3. The first-order valence-corrected chi connectivity index (χ1v) is 28.3. The third-order valence-electron chi connectivity index (χ3n) is 13.5. The van der Waals surface area contributed by atoms with Gasteiger partial charge in [0.15, 0.2) is 17.4 Å². The molecule has 16 heteroatoms. The molecule has 0 unspecified atom stereocenters. The van der Waals surface area contributed by atoms with E-state index in [1.807, 2.05) is 66.7 Å². The number of nitrogen functional groups attached to an aromatic ring is 1. The first kappa shape index (κ1) is 57.7. The van der Waals surface area contributed by atoms with Gasteiger partial charge in [-0.3, -0.25) is 4.79 Å². The van der Waals surface area contributed by atoms with Crippen LogP contribution in [0.5, 0.6) is 23.0 Å². The lowest BCUT2D eigenvalue weighted by molar-refractivity contribution is 0.0686. The summed E-state index contributed by atoms with van der Waals surface area (Å²) in [6, 6.07) is 33.7. The Morgan fingerprint density at radius 1 is 0.487 bits per heavy atom. The van der Waals surface area contributed by atoms with Crippen molar-refractivity contribution in [1.29, 1.82) is 0 Å². The number of carbonyl (C=O) groups is 3. The van der Waals surface area contributed by atoms with E-state index in [2.05, 4.69) is 53.1 Å². The van der Waals surface area contributed by atoms with Crippen LogP contribution < -0.4 is 30.0 Å². The van der Waals surface area contributed by atoms with E-state index in [0.29, 0.717) is 33.6 Å². The van der Waals surface area contributed by atoms with E-state index in [1.165, 1.54) is 69.6 Å². The lowest BCUT2D eigenvalue weighted by Gasteiger charge is -2.17. The number of ether oxygens (including phenoxy) is 4. The van der Waals surface area contributed by atoms with E-state index in [0.717, 1.165) is 107 Å². The molecule has 10 rings (SSSR count). The molecule has 6 aromatic rings. The third kappa shape index (κ3) is 17.5. The molecule has 76 heavy (non-hydrogen) atoms. The number of ketones is 1. The molecule has 4 fully saturated rings. The monoisotopic (exact) mass is 1230 g/mol. The molecule has 4 aliphatic carbocycles. The second-order valence-corrected chi connectivity index (χ2v) is 21.7. The minimum Gasteiger partial charge on any atom is -0.490 e. The summed E-state index contributed by atoms with van der Waals surface area (Å²) in [5.41, 5.74) is 9.22. The Balaban J connectivity index is 0.000000151. The van der Waals surface area contributed by atoms with Gasteiger partial charge >= 0.3 is 11.9 Å². The molecule has 6 aromatic carbocycles. The highest BCUT2D eigenvalue weighted by atomic mass is 79.9. The van der Waals surface area contributed by atoms with Gasteiger partial charge in [-0.05, 0) is 241 Å². The molecule has 5 N–H and O–H groups in total. The molecular weight excluding hydrogens is 1170 g/mol. The number of carbonyl (C=O) groups excluding carboxylic acids is 1. The average Bonchev–Trinajstić information content (AvgIpc) is 4.29. The van der Waals surface area contributed by atoms with Gasteiger partial charge in [0.2, 0.25) is 0 Å². The van der Waals surface area contributed by atoms with Crippen LogP contribution in [0.15, 0.2) is 135 Å². The van der Waals surface area contributed by atoms with Crippen LogP contribution >= 0.6 is 47.8 Å². The summed E-state index contributed by atoms with van der Waals surface area (Å²) in [6.45, 7) is 0.277. The van der Waals surface area contributed by atoms with E-state index in [-0.39, 0.29) is 35.7 Å². The number of benzene rings is 6. The van der Waals surface area contributed by atoms with Crippen molar-refractivity contribution in [2.75, 3.05) is 17.6 Å². The van der Waals surface area contributed by atoms with Gasteiger partial charge in [0.1, 0.15) is 23.0 Å². The van der Waals surface area contributed by atoms with Crippen LogP contribution in [-0.4, -0.2) is 58.9 Å². The number of aromatic carboxylic acids is 2. The van der Waals surface area contributed by atoms with E-state index < -0.39 is 23.6 Å². The maximum Gasteiger partial charge on any atom is 0.335 e. The average molecular weight is 1230 g/mol. The molecule has 0 atom stereocenters. The summed E-state index contributed by atoms with van der Waals surface area (Å²) in [5.74, 6) is -0.841. The quantitative estimate of drug-likeness (QED) is 0.0571. The number of carboxylic acids is 2. The number of halogens is 5. The molecule has 0 amide bonds. The molecular formula is C60H63Br3F2N2O9. The van der Waals surface area contributed by atoms with E-state index in [9.17, 15) is 23.2 Å². The normalized spacial score (nSPS) is 15.5. The molecule has 402 valence electrons. The van der Waals surface area contributed by atoms with E-state index in [4.69, 9.17) is 34.9 Å². The van der Waals surface area contributed by atoms with Gasteiger partial charge in [-0.15, -0.1) is 0 Å². The number of Topliss-reactive ketones (excluding diaryl/α,β-unsaturated/α-hetero) is 1. The number of carboxylic acid groups (broad SMARTS) is 2. The van der Waals surface area contributed by atoms with Crippen LogP contribution in [0.1, 0.15) is 134 Å². The number of anilines is 2. The maximum absolute atomic E-state index is 13.5. The summed E-state index contributed by atoms with van der Waals surface area (Å²) in [6.07, 6.45) is 19.5. The molecule has 0 bridgehead atoms. The SMILES string of the molecule is Nc1ccc(OC2CCCC2)c(Br)c1.O=C(CNc1ccc(OC2CCCC2)c(Br)c1)c1ccccc1.O=C(O)c1ccc(OC2CCCC2)c(-c2ccc(F)c(F)c2)c1.O=C(O)c1ccc(OC2CCCC2)c(Br)c1. The number of hydrogen-bond donors (Lipinski definition) is 4. The van der Waals surface area contributed by atoms with Crippen molar-refractivity contribution in [1.82, 2.24) is 0 Å². The van der Waals surface area contributed by atoms with Gasteiger partial charge in [-0.2, -0.15) is 0 Å². The molecule has 0 spiro atoms. The molecule has 0 heterocycles. The highest BCUT2D eigenvalue weighted by Crippen LogP contribution is 2.37. The van der Waals surface area contributed by atoms with Gasteiger partial charge in [-0.25, -0.2) is 18.4 Å². The minimum atomic E-state index is -1.08. The van der Waals surface area contributed by atoms with Crippen molar-refractivity contribution in [3.05, 3.63) is 163 Å². The fourth-order valence-electron chi connectivity index (χ4n) is 9.36. The molecule has 11 nitrogen and oxygen atoms in total. The molecule has 4 saturated carbocycles. The van der Waals surface area contributed by atoms with Crippen molar-refractivity contribution >= 4 is 76.9 Å². The van der Waals surface area contributed by atoms with Crippen LogP contribution in [0.4, 0.5) is 20.2 Å². The number of rotatable bonds is 15. The fourth-order valence-corrected chi connectivity index (χ4v) is 10.8. The lowest BCUT2D eigenvalue weighted by Crippen LogP contribution is -2.14. The Hall–Kier alpha value is -5.97. The molecule has 4 aliphatic rings. The Labute approximate surface area is 468 Å². The van der Waals surface area contributed by atoms with Crippen LogP contribution in [-0.2, 0) is 0 Å². The number of hydrogen-bond acceptors (Lipinski definition) is 9. The lowest BCUT2D eigenvalue weighted by atomic mass is 10.0. The molecule has 0 aromatic heterocycles. The van der Waals surface area contributed by atoms with Crippen LogP contribution in [0.3, 0.4) is 0 Å². The zero-order chi connectivity index (χ0) is 54.0. The van der Waals surface area contributed by atoms with Gasteiger partial charge in [0.05, 0.1) is 55.5 Å². The van der Waals surface area contributed by atoms with E-state index >= 15 is 0 Å². The van der Waals surface area contributed by atoms with Gasteiger partial charge in [0.25, 0.3) is 0 Å². The molecule has 0 radical (unpaired) electrons. The summed E-state index contributed by atoms with van der Waals surface area (Å²) < 4.78 is 52.9. The first-order chi connectivity index (χ1) is 36.7. The zero-order valence-electron chi connectivity index (χ0n) is 42.1. The van der Waals surface area contributed by atoms with Crippen LogP contribution in [0, 0.1) is 11.6 Å². The number of nitrogens with one attached hydrogen (secondary N) is 1. The van der Waals surface area contributed by atoms with Crippen molar-refractivity contribution in [3.63, 3.8) is 0 Å². The smallest absolute Gasteiger partial charge is 0.335 e. The van der Waals surface area contributed by atoms with Crippen LogP contribution in [0.25, 0.3) is 11.1 Å². The van der Waals surface area contributed by atoms with Gasteiger partial charge in [0, 0.05) is 22.5 Å². The Morgan fingerprint density at radius 2 is 0.921 bits per heavy atom. The highest BCUT2D eigenvalue weighted by molar-refractivity contribution is 9.11. The standard InChI is InChI=1S/C19H20BrNO2.C18H16F2O3.C12H13BrO3.C11H14BrNO/c20-17-12-15(10-11-19(17)23-16-8-4-5-9-16)21-13-18(22)14-6-2-1-3-7-14;19-15-7-5-11(10-16(15)20)14-9-12(18(21)22)6-8-17(14)23-13-3-1-2-4-13;13-10-7-8(12(14)15)5-6-11(10)16-9-3-1-2-4-9;12-10-7-8(13)5-6-11(10)14-9-3-1-2-4-9/h1-3,6-7,10-12,16,21H,4-5,8-9,13H2;5-10,13H,1-4H2,(H,21,22);5-7,9H,1-4H2,(H,14,15);5-7,9H,1-4,13H2. The topological polar surface area (TPSA) is 167 Å². The Morgan fingerprint density at radius 3 is 1.38 bits per heavy atom. The summed E-state index contributed by atoms with van der Waals surface area (Å²) in [4.78, 5) is 34.0. The maximum atomic E-state index is 13.5. The summed E-state index contributed by atoms with van der Waals surface area (Å²) >= 11 is 10.3. The second-order valence-electron chi connectivity index (χ2n) is 19.2. The zero-order valence-corrected chi connectivity index (χ0v) is 46.9. The molecule has 0 saturated heterocycles. The van der Waals surface area contributed by atoms with Crippen LogP contribution in [0.2, 0.25) is 0 Å². The minimum absolute atomic E-state index is 0.0727. The fraction of sp³-hybridized carbons (Fsp3) is 0.350. The Kier molecular flexibility index (Phi) is 22.0. The van der Waals surface area contributed by atoms with E-state index in [1.54, 1.807) is 24.3 Å². The first-order valence-electron chi connectivity index (χ1n) is 25.9. The van der Waals surface area contributed by atoms with Crippen molar-refractivity contribution in [2.45, 2.75) is 127 Å². The predicted molar refractivity (Wildman–Crippen MR) is 303 cm³/mol. The Bertz CT molecular complexity index is 2890. The largest absolute Gasteiger partial charge is 0.490 e. The summed E-state index contributed by atoms with van der Waals surface area (Å²) in [7, 11) is 0. The highest BCUT2D eigenvalue weighted by Gasteiger charge is 2.22. The second kappa shape index (κ2) is 29.0. The van der Waals surface area contributed by atoms with Crippen molar-refractivity contribution < 1.29 is 52.3 Å². The molecule has 0 aliphatic heterocycles. The van der Waals surface area contributed by atoms with Gasteiger partial charge < -0.3 is 40.2 Å². The van der Waals surface area contributed by atoms with Gasteiger partial charge in [-0.1, -0.05) is 36.4 Å².